The predicted molar refractivity (Wildman–Crippen MR) is 140 cm³/mol. The Bertz CT molecular complexity index is 1100. The number of rotatable bonds is 10. The van der Waals surface area contributed by atoms with Crippen molar-refractivity contribution in [2.24, 2.45) is 11.8 Å². The molecule has 0 saturated carbocycles. The minimum atomic E-state index is -1.01. The number of carbonyl (C=O) groups excluding carboxylic acids is 1. The van der Waals surface area contributed by atoms with Gasteiger partial charge in [-0.3, -0.25) is 4.90 Å². The summed E-state index contributed by atoms with van der Waals surface area (Å²) in [6, 6.07) is 12.1. The van der Waals surface area contributed by atoms with Gasteiger partial charge < -0.3 is 15.2 Å². The van der Waals surface area contributed by atoms with E-state index in [0.29, 0.717) is 29.7 Å². The van der Waals surface area contributed by atoms with Crippen LogP contribution in [0.25, 0.3) is 0 Å². The van der Waals surface area contributed by atoms with Crippen LogP contribution in [0.4, 0.5) is 10.5 Å². The first kappa shape index (κ1) is 26.8. The molecule has 1 heterocycles. The normalized spacial score (nSPS) is 18.9. The highest BCUT2D eigenvalue weighted by Gasteiger charge is 2.43. The van der Waals surface area contributed by atoms with Crippen molar-refractivity contribution < 1.29 is 19.4 Å². The zero-order valence-corrected chi connectivity index (χ0v) is 21.9. The minimum Gasteiger partial charge on any atom is -0.478 e. The third-order valence-corrected chi connectivity index (χ3v) is 7.06. The zero-order valence-electron chi connectivity index (χ0n) is 21.1. The third-order valence-electron chi connectivity index (χ3n) is 6.71. The smallest absolute Gasteiger partial charge is 0.335 e. The number of aryl methyl sites for hydroxylation is 1. The Hall–Kier alpha value is -2.83. The molecule has 1 unspecified atom stereocenters. The van der Waals surface area contributed by atoms with Gasteiger partial charge in [-0.25, -0.2) is 9.59 Å². The molecule has 0 spiro atoms. The fraction of sp³-hybridized carbons (Fsp3) is 0.429. The number of aromatic carboxylic acids is 1. The molecule has 2 amide bonds. The molecule has 7 heteroatoms. The summed E-state index contributed by atoms with van der Waals surface area (Å²) in [6.45, 7) is 8.99. The van der Waals surface area contributed by atoms with Crippen molar-refractivity contribution in [1.29, 1.82) is 0 Å². The number of methoxy groups -OCH3 is 1. The first-order valence-electron chi connectivity index (χ1n) is 12.1. The Morgan fingerprint density at radius 3 is 2.40 bits per heavy atom. The molecule has 0 saturated heterocycles. The second kappa shape index (κ2) is 11.3. The molecule has 2 aromatic rings. The number of carbonyl (C=O) groups is 2. The van der Waals surface area contributed by atoms with Gasteiger partial charge in [0, 0.05) is 24.3 Å². The van der Waals surface area contributed by atoms with Crippen LogP contribution in [0.1, 0.15) is 62.0 Å². The molecule has 0 aromatic heterocycles. The summed E-state index contributed by atoms with van der Waals surface area (Å²) < 4.78 is 5.47. The van der Waals surface area contributed by atoms with Gasteiger partial charge >= 0.3 is 12.0 Å². The Balaban J connectivity index is 2.08. The molecule has 0 fully saturated rings. The SMILES string of the molecule is CC[C@@]1(c2ccc(CCC(C)C)c(Cl)c2)NC(=O)N(c2ccc(C(=O)O)cc2)C=C1C(C)COC. The second-order valence-electron chi connectivity index (χ2n) is 9.59. The molecule has 2 aromatic carbocycles. The maximum atomic E-state index is 13.4. The van der Waals surface area contributed by atoms with E-state index in [-0.39, 0.29) is 17.5 Å². The first-order valence-corrected chi connectivity index (χ1v) is 12.5. The summed E-state index contributed by atoms with van der Waals surface area (Å²) in [5.74, 6) is -0.422. The van der Waals surface area contributed by atoms with Crippen LogP contribution >= 0.6 is 11.6 Å². The maximum absolute atomic E-state index is 13.4. The molecule has 6 nitrogen and oxygen atoms in total. The van der Waals surface area contributed by atoms with E-state index in [2.05, 4.69) is 38.2 Å². The lowest BCUT2D eigenvalue weighted by Gasteiger charge is -2.44. The number of carboxylic acids is 1. The first-order chi connectivity index (χ1) is 16.6. The Labute approximate surface area is 212 Å². The second-order valence-corrected chi connectivity index (χ2v) is 10.00. The number of amides is 2. The predicted octanol–water partition coefficient (Wildman–Crippen LogP) is 6.63. The van der Waals surface area contributed by atoms with Gasteiger partial charge in [0.15, 0.2) is 0 Å². The van der Waals surface area contributed by atoms with Crippen LogP contribution in [0.2, 0.25) is 5.02 Å². The van der Waals surface area contributed by atoms with E-state index >= 15 is 0 Å². The van der Waals surface area contributed by atoms with Gasteiger partial charge in [-0.1, -0.05) is 51.4 Å². The van der Waals surface area contributed by atoms with E-state index in [9.17, 15) is 14.7 Å². The molecule has 0 bridgehead atoms. The summed E-state index contributed by atoms with van der Waals surface area (Å²) in [4.78, 5) is 26.2. The number of nitrogens with one attached hydrogen (secondary N) is 1. The summed E-state index contributed by atoms with van der Waals surface area (Å²) in [6.07, 6.45) is 4.46. The summed E-state index contributed by atoms with van der Waals surface area (Å²) in [5, 5.41) is 13.2. The lowest BCUT2D eigenvalue weighted by atomic mass is 9.74. The van der Waals surface area contributed by atoms with E-state index in [4.69, 9.17) is 16.3 Å². The van der Waals surface area contributed by atoms with Crippen LogP contribution < -0.4 is 10.2 Å². The van der Waals surface area contributed by atoms with Crippen LogP contribution in [0, 0.1) is 11.8 Å². The monoisotopic (exact) mass is 498 g/mol. The number of nitrogens with zero attached hydrogens (tertiary/aromatic N) is 1. The van der Waals surface area contributed by atoms with E-state index in [0.717, 1.165) is 29.5 Å². The molecule has 188 valence electrons. The summed E-state index contributed by atoms with van der Waals surface area (Å²) in [5.41, 5.74) is 3.04. The summed E-state index contributed by atoms with van der Waals surface area (Å²) >= 11 is 6.73. The fourth-order valence-electron chi connectivity index (χ4n) is 4.66. The molecular weight excluding hydrogens is 464 g/mol. The quantitative estimate of drug-likeness (QED) is 0.385. The molecule has 35 heavy (non-hydrogen) atoms. The number of ether oxygens (including phenoxy) is 1. The van der Waals surface area contributed by atoms with Crippen LogP contribution in [0.5, 0.6) is 0 Å². The van der Waals surface area contributed by atoms with Crippen LogP contribution in [0.15, 0.2) is 54.2 Å². The number of halogens is 1. The molecule has 2 N–H and O–H groups in total. The number of hydrogen-bond donors (Lipinski definition) is 2. The van der Waals surface area contributed by atoms with Crippen molar-refractivity contribution >= 4 is 29.3 Å². The summed E-state index contributed by atoms with van der Waals surface area (Å²) in [7, 11) is 1.66. The number of anilines is 1. The lowest BCUT2D eigenvalue weighted by Crippen LogP contribution is -2.56. The van der Waals surface area contributed by atoms with Gasteiger partial charge in [0.2, 0.25) is 0 Å². The molecular formula is C28H35ClN2O4. The van der Waals surface area contributed by atoms with E-state index in [1.54, 1.807) is 19.2 Å². The topological polar surface area (TPSA) is 78.9 Å². The number of carboxylic acid groups (broad SMARTS) is 1. The Kier molecular flexibility index (Phi) is 8.62. The van der Waals surface area contributed by atoms with Crippen LogP contribution in [-0.2, 0) is 16.7 Å². The van der Waals surface area contributed by atoms with Crippen LogP contribution in [0.3, 0.4) is 0 Å². The largest absolute Gasteiger partial charge is 0.478 e. The molecule has 0 aliphatic carbocycles. The van der Waals surface area contributed by atoms with Crippen molar-refractivity contribution in [3.05, 3.63) is 76.0 Å². The van der Waals surface area contributed by atoms with Gasteiger partial charge in [-0.15, -0.1) is 0 Å². The van der Waals surface area contributed by atoms with Crippen molar-refractivity contribution in [1.82, 2.24) is 5.32 Å². The van der Waals surface area contributed by atoms with Crippen molar-refractivity contribution in [2.75, 3.05) is 18.6 Å². The number of hydrogen-bond acceptors (Lipinski definition) is 3. The van der Waals surface area contributed by atoms with Crippen molar-refractivity contribution in [2.45, 2.75) is 52.5 Å². The van der Waals surface area contributed by atoms with Crippen molar-refractivity contribution in [3.8, 4) is 0 Å². The molecule has 1 aliphatic heterocycles. The average Bonchev–Trinajstić information content (AvgIpc) is 2.83. The van der Waals surface area contributed by atoms with E-state index in [1.165, 1.54) is 17.0 Å². The number of benzene rings is 2. The van der Waals surface area contributed by atoms with Crippen molar-refractivity contribution in [3.63, 3.8) is 0 Å². The maximum Gasteiger partial charge on any atom is 0.335 e. The lowest BCUT2D eigenvalue weighted by molar-refractivity contribution is 0.0697. The standard InChI is InChI=1S/C28H35ClN2O4/c1-6-28(22-12-9-20(25(29)15-22)8-7-18(2)3)24(19(4)17-35-5)16-31(27(34)30-28)23-13-10-21(11-14-23)26(32)33/h9-16,18-19H,6-8,17H2,1-5H3,(H,30,34)(H,32,33)/t19?,28-/m0/s1. The number of urea groups is 1. The van der Waals surface area contributed by atoms with Crippen LogP contribution in [-0.4, -0.2) is 30.8 Å². The highest BCUT2D eigenvalue weighted by molar-refractivity contribution is 6.31. The molecule has 1 aliphatic rings. The van der Waals surface area contributed by atoms with Gasteiger partial charge in [0.1, 0.15) is 0 Å². The van der Waals surface area contributed by atoms with E-state index in [1.807, 2.05) is 19.2 Å². The Morgan fingerprint density at radius 2 is 1.86 bits per heavy atom. The molecule has 2 atom stereocenters. The highest BCUT2D eigenvalue weighted by Crippen LogP contribution is 2.42. The van der Waals surface area contributed by atoms with Gasteiger partial charge in [-0.2, -0.15) is 0 Å². The molecule has 0 radical (unpaired) electrons. The van der Waals surface area contributed by atoms with Gasteiger partial charge in [0.05, 0.1) is 23.4 Å². The fourth-order valence-corrected chi connectivity index (χ4v) is 4.94. The Morgan fingerprint density at radius 1 is 1.17 bits per heavy atom. The molecule has 3 rings (SSSR count). The highest BCUT2D eigenvalue weighted by atomic mass is 35.5. The van der Waals surface area contributed by atoms with E-state index < -0.39 is 11.5 Å². The van der Waals surface area contributed by atoms with Gasteiger partial charge in [0.25, 0.3) is 0 Å². The zero-order chi connectivity index (χ0) is 25.8. The average molecular weight is 499 g/mol. The minimum absolute atomic E-state index is 0.000681. The van der Waals surface area contributed by atoms with Gasteiger partial charge in [-0.05, 0) is 72.2 Å². The third kappa shape index (κ3) is 5.71.